The Labute approximate surface area is 102 Å². The highest BCUT2D eigenvalue weighted by atomic mass is 35.5. The molecule has 2 atom stereocenters. The van der Waals surface area contributed by atoms with Crippen molar-refractivity contribution in [3.05, 3.63) is 34.9 Å². The van der Waals surface area contributed by atoms with Gasteiger partial charge < -0.3 is 0 Å². The van der Waals surface area contributed by atoms with Gasteiger partial charge in [-0.3, -0.25) is 4.79 Å². The number of carbonyl (C=O) groups is 1. The Morgan fingerprint density at radius 2 is 2.12 bits per heavy atom. The van der Waals surface area contributed by atoms with Crippen LogP contribution in [0.1, 0.15) is 43.0 Å². The molecular formula is C14H17ClO. The number of rotatable bonds is 3. The molecule has 0 bridgehead atoms. The first-order valence-corrected chi connectivity index (χ1v) is 6.32. The van der Waals surface area contributed by atoms with Crippen LogP contribution in [0.25, 0.3) is 0 Å². The van der Waals surface area contributed by atoms with Crippen LogP contribution in [0.3, 0.4) is 0 Å². The standard InChI is InChI=1S/C14H17ClO/c1-10-6-7-11(8-10)9-14(16)12-4-2-3-5-13(12)15/h2-5,10-11H,6-9H2,1H3/t10-,11+/m1/s1. The number of hydrogen-bond donors (Lipinski definition) is 0. The van der Waals surface area contributed by atoms with E-state index in [1.54, 1.807) is 6.07 Å². The minimum atomic E-state index is 0.199. The molecule has 0 saturated heterocycles. The highest BCUT2D eigenvalue weighted by molar-refractivity contribution is 6.33. The Bertz CT molecular complexity index is 386. The van der Waals surface area contributed by atoms with E-state index in [-0.39, 0.29) is 5.78 Å². The molecule has 0 heterocycles. The summed E-state index contributed by atoms with van der Waals surface area (Å²) in [5.74, 6) is 1.55. The highest BCUT2D eigenvalue weighted by Gasteiger charge is 2.24. The molecule has 0 unspecified atom stereocenters. The summed E-state index contributed by atoms with van der Waals surface area (Å²) >= 11 is 6.01. The third-order valence-corrected chi connectivity index (χ3v) is 3.78. The fourth-order valence-electron chi connectivity index (χ4n) is 2.57. The van der Waals surface area contributed by atoms with Crippen LogP contribution >= 0.6 is 11.6 Å². The van der Waals surface area contributed by atoms with Gasteiger partial charge in [0.05, 0.1) is 5.02 Å². The van der Waals surface area contributed by atoms with Gasteiger partial charge in [-0.25, -0.2) is 0 Å². The summed E-state index contributed by atoms with van der Waals surface area (Å²) in [6.07, 6.45) is 4.31. The zero-order valence-corrected chi connectivity index (χ0v) is 10.3. The van der Waals surface area contributed by atoms with E-state index in [1.807, 2.05) is 18.2 Å². The lowest BCUT2D eigenvalue weighted by atomic mass is 9.96. The van der Waals surface area contributed by atoms with Crippen LogP contribution < -0.4 is 0 Å². The van der Waals surface area contributed by atoms with Crippen LogP contribution in [0.4, 0.5) is 0 Å². The van der Waals surface area contributed by atoms with E-state index < -0.39 is 0 Å². The van der Waals surface area contributed by atoms with E-state index in [0.717, 1.165) is 5.92 Å². The van der Waals surface area contributed by atoms with Gasteiger partial charge in [-0.1, -0.05) is 37.1 Å². The maximum atomic E-state index is 12.0. The molecule has 0 aromatic heterocycles. The molecule has 1 aromatic rings. The molecule has 1 nitrogen and oxygen atoms in total. The van der Waals surface area contributed by atoms with Crippen molar-refractivity contribution in [1.29, 1.82) is 0 Å². The summed E-state index contributed by atoms with van der Waals surface area (Å²) in [7, 11) is 0. The van der Waals surface area contributed by atoms with Crippen LogP contribution in [0, 0.1) is 11.8 Å². The molecule has 1 aliphatic carbocycles. The first-order chi connectivity index (χ1) is 7.66. The molecule has 1 aliphatic rings. The van der Waals surface area contributed by atoms with E-state index in [1.165, 1.54) is 19.3 Å². The smallest absolute Gasteiger partial charge is 0.164 e. The minimum absolute atomic E-state index is 0.199. The molecule has 0 N–H and O–H groups in total. The Morgan fingerprint density at radius 3 is 2.75 bits per heavy atom. The number of ketones is 1. The summed E-state index contributed by atoms with van der Waals surface area (Å²) in [6, 6.07) is 7.34. The van der Waals surface area contributed by atoms with Crippen LogP contribution in [0.15, 0.2) is 24.3 Å². The molecule has 0 spiro atoms. The Kier molecular flexibility index (Phi) is 3.65. The maximum absolute atomic E-state index is 12.0. The lowest BCUT2D eigenvalue weighted by molar-refractivity contribution is 0.0961. The van der Waals surface area contributed by atoms with Gasteiger partial charge >= 0.3 is 0 Å². The van der Waals surface area contributed by atoms with Crippen LogP contribution in [0.5, 0.6) is 0 Å². The molecule has 2 heteroatoms. The SMILES string of the molecule is C[C@@H]1CC[C@H](CC(=O)c2ccccc2Cl)C1. The molecule has 16 heavy (non-hydrogen) atoms. The van der Waals surface area contributed by atoms with Gasteiger partial charge in [0.2, 0.25) is 0 Å². The van der Waals surface area contributed by atoms with Crippen molar-refractivity contribution in [1.82, 2.24) is 0 Å². The Hall–Kier alpha value is -0.820. The van der Waals surface area contributed by atoms with Crippen molar-refractivity contribution in [2.24, 2.45) is 11.8 Å². The van der Waals surface area contributed by atoms with Crippen molar-refractivity contribution >= 4 is 17.4 Å². The summed E-state index contributed by atoms with van der Waals surface area (Å²) in [5.41, 5.74) is 0.684. The van der Waals surface area contributed by atoms with E-state index in [2.05, 4.69) is 6.92 Å². The lowest BCUT2D eigenvalue weighted by Gasteiger charge is -2.09. The molecule has 0 amide bonds. The number of halogens is 1. The van der Waals surface area contributed by atoms with E-state index in [9.17, 15) is 4.79 Å². The molecule has 1 aromatic carbocycles. The molecule has 0 radical (unpaired) electrons. The van der Waals surface area contributed by atoms with Gasteiger partial charge in [0.25, 0.3) is 0 Å². The summed E-state index contributed by atoms with van der Waals surface area (Å²) in [6.45, 7) is 2.26. The van der Waals surface area contributed by atoms with Gasteiger partial charge in [0.15, 0.2) is 5.78 Å². The molecule has 0 aliphatic heterocycles. The van der Waals surface area contributed by atoms with Gasteiger partial charge in [0, 0.05) is 12.0 Å². The molecule has 86 valence electrons. The van der Waals surface area contributed by atoms with Crippen molar-refractivity contribution in [3.8, 4) is 0 Å². The third kappa shape index (κ3) is 2.65. The fourth-order valence-corrected chi connectivity index (χ4v) is 2.81. The fraction of sp³-hybridized carbons (Fsp3) is 0.500. The van der Waals surface area contributed by atoms with Crippen molar-refractivity contribution in [3.63, 3.8) is 0 Å². The van der Waals surface area contributed by atoms with E-state index in [0.29, 0.717) is 22.9 Å². The van der Waals surface area contributed by atoms with Gasteiger partial charge in [0.1, 0.15) is 0 Å². The second kappa shape index (κ2) is 5.01. The minimum Gasteiger partial charge on any atom is -0.294 e. The summed E-state index contributed by atoms with van der Waals surface area (Å²) < 4.78 is 0. The zero-order valence-electron chi connectivity index (χ0n) is 9.58. The summed E-state index contributed by atoms with van der Waals surface area (Å²) in [5, 5.41) is 0.582. The zero-order chi connectivity index (χ0) is 11.5. The summed E-state index contributed by atoms with van der Waals surface area (Å²) in [4.78, 5) is 12.0. The van der Waals surface area contributed by atoms with Crippen LogP contribution in [-0.4, -0.2) is 5.78 Å². The predicted molar refractivity (Wildman–Crippen MR) is 66.9 cm³/mol. The maximum Gasteiger partial charge on any atom is 0.164 e. The van der Waals surface area contributed by atoms with Crippen molar-refractivity contribution < 1.29 is 4.79 Å². The number of Topliss-reactive ketones (excluding diaryl/α,β-unsaturated/α-hetero) is 1. The topological polar surface area (TPSA) is 17.1 Å². The van der Waals surface area contributed by atoms with E-state index >= 15 is 0 Å². The van der Waals surface area contributed by atoms with Crippen molar-refractivity contribution in [2.45, 2.75) is 32.6 Å². The second-order valence-electron chi connectivity index (χ2n) is 4.89. The Morgan fingerprint density at radius 1 is 1.38 bits per heavy atom. The normalized spacial score (nSPS) is 24.6. The van der Waals surface area contributed by atoms with Gasteiger partial charge in [-0.2, -0.15) is 0 Å². The Balaban J connectivity index is 2.01. The van der Waals surface area contributed by atoms with Crippen LogP contribution in [0.2, 0.25) is 5.02 Å². The molecule has 1 saturated carbocycles. The predicted octanol–water partition coefficient (Wildman–Crippen LogP) is 4.35. The first kappa shape index (κ1) is 11.7. The quantitative estimate of drug-likeness (QED) is 0.714. The van der Waals surface area contributed by atoms with Gasteiger partial charge in [-0.05, 0) is 36.8 Å². The first-order valence-electron chi connectivity index (χ1n) is 5.94. The molecular weight excluding hydrogens is 220 g/mol. The third-order valence-electron chi connectivity index (χ3n) is 3.45. The van der Waals surface area contributed by atoms with E-state index in [4.69, 9.17) is 11.6 Å². The second-order valence-corrected chi connectivity index (χ2v) is 5.30. The number of benzene rings is 1. The highest BCUT2D eigenvalue weighted by Crippen LogP contribution is 2.33. The van der Waals surface area contributed by atoms with Crippen molar-refractivity contribution in [2.75, 3.05) is 0 Å². The lowest BCUT2D eigenvalue weighted by Crippen LogP contribution is -2.06. The average molecular weight is 237 g/mol. The van der Waals surface area contributed by atoms with Gasteiger partial charge in [-0.15, -0.1) is 0 Å². The molecule has 2 rings (SSSR count). The molecule has 1 fully saturated rings. The number of carbonyl (C=O) groups excluding carboxylic acids is 1. The number of hydrogen-bond acceptors (Lipinski definition) is 1. The monoisotopic (exact) mass is 236 g/mol. The average Bonchev–Trinajstić information content (AvgIpc) is 2.64. The largest absolute Gasteiger partial charge is 0.294 e. The van der Waals surface area contributed by atoms with Crippen LogP contribution in [-0.2, 0) is 0 Å².